The number of aromatic nitrogens is 2. The van der Waals surface area contributed by atoms with Gasteiger partial charge in [-0.1, -0.05) is 6.92 Å². The summed E-state index contributed by atoms with van der Waals surface area (Å²) in [6.07, 6.45) is 1.88. The third kappa shape index (κ3) is 3.74. The number of carboxylic acid groups (broad SMARTS) is 1. The molecule has 0 radical (unpaired) electrons. The molecular formula is C9H15N3O4S. The first-order chi connectivity index (χ1) is 7.85. The molecule has 17 heavy (non-hydrogen) atoms. The molecule has 7 nitrogen and oxygen atoms in total. The standard InChI is InChI=1S/C9H15N3O4S/c1-2-4-17(15,16)5-3-12-6-7(10)8(11-12)9(13)14/h6H,2-5,10H2,1H3,(H,13,14). The van der Waals surface area contributed by atoms with Gasteiger partial charge in [0.05, 0.1) is 18.0 Å². The Balaban J connectivity index is 2.71. The second-order valence-corrected chi connectivity index (χ2v) is 5.96. The fourth-order valence-electron chi connectivity index (χ4n) is 1.36. The van der Waals surface area contributed by atoms with Crippen molar-refractivity contribution in [3.05, 3.63) is 11.9 Å². The summed E-state index contributed by atoms with van der Waals surface area (Å²) >= 11 is 0. The van der Waals surface area contributed by atoms with Crippen LogP contribution in [0.4, 0.5) is 5.69 Å². The number of anilines is 1. The average molecular weight is 261 g/mol. The van der Waals surface area contributed by atoms with Gasteiger partial charge in [-0.3, -0.25) is 4.68 Å². The topological polar surface area (TPSA) is 115 Å². The maximum Gasteiger partial charge on any atom is 0.358 e. The van der Waals surface area contributed by atoms with E-state index in [-0.39, 0.29) is 29.4 Å². The van der Waals surface area contributed by atoms with Gasteiger partial charge in [-0.25, -0.2) is 13.2 Å². The van der Waals surface area contributed by atoms with Gasteiger partial charge in [0.15, 0.2) is 15.5 Å². The minimum atomic E-state index is -3.10. The molecule has 0 aliphatic heterocycles. The molecule has 96 valence electrons. The first-order valence-electron chi connectivity index (χ1n) is 5.12. The van der Waals surface area contributed by atoms with Crippen LogP contribution in [0.3, 0.4) is 0 Å². The van der Waals surface area contributed by atoms with Crippen molar-refractivity contribution in [1.82, 2.24) is 9.78 Å². The fraction of sp³-hybridized carbons (Fsp3) is 0.556. The van der Waals surface area contributed by atoms with Crippen LogP contribution in [0, 0.1) is 0 Å². The zero-order valence-corrected chi connectivity index (χ0v) is 10.3. The van der Waals surface area contributed by atoms with Crippen LogP contribution in [0.25, 0.3) is 0 Å². The second kappa shape index (κ2) is 5.17. The summed E-state index contributed by atoms with van der Waals surface area (Å²) in [5.74, 6) is -1.17. The first kappa shape index (κ1) is 13.5. The number of nitrogens with two attached hydrogens (primary N) is 1. The third-order valence-electron chi connectivity index (χ3n) is 2.14. The third-order valence-corrected chi connectivity index (χ3v) is 3.97. The van der Waals surface area contributed by atoms with E-state index in [1.54, 1.807) is 6.92 Å². The maximum absolute atomic E-state index is 11.4. The van der Waals surface area contributed by atoms with Crippen LogP contribution in [0.5, 0.6) is 0 Å². The zero-order valence-electron chi connectivity index (χ0n) is 9.46. The van der Waals surface area contributed by atoms with Crippen LogP contribution in [0.1, 0.15) is 23.8 Å². The Morgan fingerprint density at radius 1 is 1.53 bits per heavy atom. The van der Waals surface area contributed by atoms with Gasteiger partial charge in [-0.15, -0.1) is 0 Å². The molecule has 1 aromatic heterocycles. The van der Waals surface area contributed by atoms with Gasteiger partial charge in [0, 0.05) is 11.9 Å². The Hall–Kier alpha value is -1.57. The summed E-state index contributed by atoms with van der Waals surface area (Å²) in [5.41, 5.74) is 5.21. The highest BCUT2D eigenvalue weighted by Gasteiger charge is 2.15. The Kier molecular flexibility index (Phi) is 4.11. The number of nitrogens with zero attached hydrogens (tertiary/aromatic N) is 2. The molecule has 0 saturated carbocycles. The quantitative estimate of drug-likeness (QED) is 0.744. The Morgan fingerprint density at radius 2 is 2.18 bits per heavy atom. The number of carbonyl (C=O) groups is 1. The lowest BCUT2D eigenvalue weighted by Gasteiger charge is -2.02. The molecule has 0 atom stereocenters. The van der Waals surface area contributed by atoms with E-state index in [0.29, 0.717) is 6.42 Å². The Morgan fingerprint density at radius 3 is 2.65 bits per heavy atom. The van der Waals surface area contributed by atoms with Crippen LogP contribution in [-0.2, 0) is 16.4 Å². The van der Waals surface area contributed by atoms with Gasteiger partial charge < -0.3 is 10.8 Å². The summed E-state index contributed by atoms with van der Waals surface area (Å²) < 4.78 is 24.1. The number of carboxylic acids is 1. The largest absolute Gasteiger partial charge is 0.476 e. The molecule has 0 fully saturated rings. The van der Waals surface area contributed by atoms with E-state index in [1.807, 2.05) is 0 Å². The minimum Gasteiger partial charge on any atom is -0.476 e. The average Bonchev–Trinajstić information content (AvgIpc) is 2.57. The molecule has 3 N–H and O–H groups in total. The molecule has 1 rings (SSSR count). The summed E-state index contributed by atoms with van der Waals surface area (Å²) in [7, 11) is -3.10. The summed E-state index contributed by atoms with van der Waals surface area (Å²) in [6, 6.07) is 0. The molecular weight excluding hydrogens is 246 g/mol. The summed E-state index contributed by atoms with van der Waals surface area (Å²) in [6.45, 7) is 1.89. The lowest BCUT2D eigenvalue weighted by molar-refractivity contribution is 0.0690. The smallest absolute Gasteiger partial charge is 0.358 e. The maximum atomic E-state index is 11.4. The SMILES string of the molecule is CCCS(=O)(=O)CCn1cc(N)c(C(=O)O)n1. The van der Waals surface area contributed by atoms with Crippen LogP contribution in [0.15, 0.2) is 6.20 Å². The molecule has 0 bridgehead atoms. The van der Waals surface area contributed by atoms with E-state index >= 15 is 0 Å². The van der Waals surface area contributed by atoms with E-state index in [2.05, 4.69) is 5.10 Å². The number of sulfone groups is 1. The molecule has 0 unspecified atom stereocenters. The molecule has 0 aliphatic carbocycles. The predicted molar refractivity (Wildman–Crippen MR) is 62.5 cm³/mol. The lowest BCUT2D eigenvalue weighted by Crippen LogP contribution is -2.16. The van der Waals surface area contributed by atoms with Crippen molar-refractivity contribution in [2.24, 2.45) is 0 Å². The number of aryl methyl sites for hydroxylation is 1. The van der Waals surface area contributed by atoms with Crippen molar-refractivity contribution in [2.75, 3.05) is 17.2 Å². The number of hydrogen-bond donors (Lipinski definition) is 2. The van der Waals surface area contributed by atoms with Crippen LogP contribution in [-0.4, -0.2) is 40.8 Å². The summed E-state index contributed by atoms with van der Waals surface area (Å²) in [4.78, 5) is 10.7. The van der Waals surface area contributed by atoms with E-state index in [0.717, 1.165) is 0 Å². The first-order valence-corrected chi connectivity index (χ1v) is 6.94. The second-order valence-electron chi connectivity index (χ2n) is 3.65. The van der Waals surface area contributed by atoms with Gasteiger partial charge in [0.25, 0.3) is 0 Å². The van der Waals surface area contributed by atoms with Crippen molar-refractivity contribution in [1.29, 1.82) is 0 Å². The van der Waals surface area contributed by atoms with E-state index in [1.165, 1.54) is 10.9 Å². The van der Waals surface area contributed by atoms with Gasteiger partial charge in [-0.05, 0) is 6.42 Å². The molecule has 1 aromatic rings. The highest BCUT2D eigenvalue weighted by atomic mass is 32.2. The molecule has 1 heterocycles. The van der Waals surface area contributed by atoms with E-state index < -0.39 is 15.8 Å². The molecule has 0 spiro atoms. The molecule has 0 saturated heterocycles. The Bertz CT molecular complexity index is 506. The molecule has 0 amide bonds. The number of hydrogen-bond acceptors (Lipinski definition) is 5. The zero-order chi connectivity index (χ0) is 13.1. The molecule has 0 aromatic carbocycles. The number of nitrogen functional groups attached to an aromatic ring is 1. The van der Waals surface area contributed by atoms with Crippen molar-refractivity contribution in [2.45, 2.75) is 19.9 Å². The van der Waals surface area contributed by atoms with E-state index in [9.17, 15) is 13.2 Å². The van der Waals surface area contributed by atoms with Crippen molar-refractivity contribution in [3.63, 3.8) is 0 Å². The fourth-order valence-corrected chi connectivity index (χ4v) is 2.65. The van der Waals surface area contributed by atoms with Gasteiger partial charge >= 0.3 is 5.97 Å². The van der Waals surface area contributed by atoms with Crippen LogP contribution < -0.4 is 5.73 Å². The van der Waals surface area contributed by atoms with Crippen molar-refractivity contribution in [3.8, 4) is 0 Å². The van der Waals surface area contributed by atoms with Crippen LogP contribution in [0.2, 0.25) is 0 Å². The normalized spacial score (nSPS) is 11.6. The lowest BCUT2D eigenvalue weighted by atomic mass is 10.4. The highest BCUT2D eigenvalue weighted by molar-refractivity contribution is 7.91. The van der Waals surface area contributed by atoms with Crippen molar-refractivity contribution < 1.29 is 18.3 Å². The Labute approximate surface area is 99.1 Å². The van der Waals surface area contributed by atoms with Gasteiger partial charge in [0.2, 0.25) is 0 Å². The van der Waals surface area contributed by atoms with Gasteiger partial charge in [-0.2, -0.15) is 5.10 Å². The number of rotatable bonds is 6. The van der Waals surface area contributed by atoms with E-state index in [4.69, 9.17) is 10.8 Å². The number of aromatic carboxylic acids is 1. The minimum absolute atomic E-state index is 0.0328. The molecule has 0 aliphatic rings. The summed E-state index contributed by atoms with van der Waals surface area (Å²) in [5, 5.41) is 12.4. The van der Waals surface area contributed by atoms with Crippen LogP contribution >= 0.6 is 0 Å². The molecule has 8 heteroatoms. The van der Waals surface area contributed by atoms with Gasteiger partial charge in [0.1, 0.15) is 0 Å². The van der Waals surface area contributed by atoms with Crippen molar-refractivity contribution >= 4 is 21.5 Å². The predicted octanol–water partition coefficient (Wildman–Crippen LogP) is -0.0117. The monoisotopic (exact) mass is 261 g/mol. The highest BCUT2D eigenvalue weighted by Crippen LogP contribution is 2.09.